The van der Waals surface area contributed by atoms with Crippen LogP contribution < -0.4 is 10.9 Å². The summed E-state index contributed by atoms with van der Waals surface area (Å²) < 4.78 is 0. The fourth-order valence-electron chi connectivity index (χ4n) is 3.55. The number of hydrogen-bond acceptors (Lipinski definition) is 5. The lowest BCUT2D eigenvalue weighted by Crippen LogP contribution is -2.43. The lowest BCUT2D eigenvalue weighted by molar-refractivity contribution is -0.135. The smallest absolute Gasteiger partial charge is 0.272 e. The van der Waals surface area contributed by atoms with E-state index in [1.54, 1.807) is 23.1 Å². The number of unbranched alkanes of at least 4 members (excludes halogenated alkanes) is 1. The number of carbonyl (C=O) groups is 2. The van der Waals surface area contributed by atoms with Crippen LogP contribution in [0.5, 0.6) is 0 Å². The Bertz CT molecular complexity index is 887. The molecule has 0 radical (unpaired) electrons. The molecular weight excluding hydrogens is 360 g/mol. The Morgan fingerprint density at radius 3 is 2.61 bits per heavy atom. The van der Waals surface area contributed by atoms with Crippen molar-refractivity contribution in [1.29, 1.82) is 0 Å². The standard InChI is InChI=1S/C20H26N4O4/c25-12-4-3-9-21-19(27)14-7-10-24(11-8-14)18(26)13-17-15-5-1-2-6-16(15)20(28)23-22-17/h1-2,5-6,14,25H,3-4,7-13H2,(H,21,27)(H,23,28). The second-order valence-electron chi connectivity index (χ2n) is 7.10. The molecule has 1 fully saturated rings. The number of nitrogens with zero attached hydrogens (tertiary/aromatic N) is 2. The van der Waals surface area contributed by atoms with E-state index in [2.05, 4.69) is 15.5 Å². The Morgan fingerprint density at radius 1 is 1.18 bits per heavy atom. The number of aliphatic hydroxyl groups is 1. The van der Waals surface area contributed by atoms with Gasteiger partial charge in [-0.2, -0.15) is 5.10 Å². The highest BCUT2D eigenvalue weighted by molar-refractivity contribution is 5.88. The van der Waals surface area contributed by atoms with E-state index >= 15 is 0 Å². The van der Waals surface area contributed by atoms with Gasteiger partial charge in [-0.15, -0.1) is 0 Å². The van der Waals surface area contributed by atoms with E-state index in [0.717, 1.165) is 6.42 Å². The molecule has 150 valence electrons. The van der Waals surface area contributed by atoms with Crippen molar-refractivity contribution < 1.29 is 14.7 Å². The molecule has 0 unspecified atom stereocenters. The van der Waals surface area contributed by atoms with Gasteiger partial charge in [-0.3, -0.25) is 14.4 Å². The average Bonchev–Trinajstić information content (AvgIpc) is 2.73. The van der Waals surface area contributed by atoms with Crippen LogP contribution in [0.3, 0.4) is 0 Å². The van der Waals surface area contributed by atoms with Gasteiger partial charge in [0.15, 0.2) is 0 Å². The molecule has 1 aromatic carbocycles. The summed E-state index contributed by atoms with van der Waals surface area (Å²) in [6, 6.07) is 7.12. The molecule has 1 aromatic heterocycles. The van der Waals surface area contributed by atoms with Crippen molar-refractivity contribution in [3.63, 3.8) is 0 Å². The molecular formula is C20H26N4O4. The minimum atomic E-state index is -0.266. The van der Waals surface area contributed by atoms with Crippen LogP contribution in [-0.2, 0) is 16.0 Å². The van der Waals surface area contributed by atoms with Crippen molar-refractivity contribution in [3.05, 3.63) is 40.3 Å². The summed E-state index contributed by atoms with van der Waals surface area (Å²) in [4.78, 5) is 38.5. The zero-order valence-electron chi connectivity index (χ0n) is 15.8. The fraction of sp³-hybridized carbons (Fsp3) is 0.500. The Hall–Kier alpha value is -2.74. The largest absolute Gasteiger partial charge is 0.396 e. The molecule has 0 saturated carbocycles. The van der Waals surface area contributed by atoms with Crippen molar-refractivity contribution in [2.45, 2.75) is 32.1 Å². The molecule has 3 rings (SSSR count). The summed E-state index contributed by atoms with van der Waals surface area (Å²) in [5, 5.41) is 19.4. The van der Waals surface area contributed by atoms with Crippen LogP contribution in [0, 0.1) is 5.92 Å². The number of benzene rings is 1. The van der Waals surface area contributed by atoms with Crippen LogP contribution in [0.15, 0.2) is 29.1 Å². The fourth-order valence-corrected chi connectivity index (χ4v) is 3.55. The average molecular weight is 386 g/mol. The SMILES string of the molecule is O=C(NCCCCO)C1CCN(C(=O)Cc2n[nH]c(=O)c3ccccc23)CC1. The predicted molar refractivity (Wildman–Crippen MR) is 105 cm³/mol. The summed E-state index contributed by atoms with van der Waals surface area (Å²) in [6.07, 6.45) is 2.84. The van der Waals surface area contributed by atoms with Crippen molar-refractivity contribution in [2.24, 2.45) is 5.92 Å². The molecule has 2 aromatic rings. The number of nitrogens with one attached hydrogen (secondary N) is 2. The molecule has 2 heterocycles. The van der Waals surface area contributed by atoms with Crippen LogP contribution in [0.1, 0.15) is 31.4 Å². The number of amides is 2. The Morgan fingerprint density at radius 2 is 1.89 bits per heavy atom. The summed E-state index contributed by atoms with van der Waals surface area (Å²) in [5.41, 5.74) is 0.293. The molecule has 1 saturated heterocycles. The van der Waals surface area contributed by atoms with Crippen LogP contribution >= 0.6 is 0 Å². The topological polar surface area (TPSA) is 115 Å². The van der Waals surface area contributed by atoms with E-state index in [-0.39, 0.29) is 36.3 Å². The van der Waals surface area contributed by atoms with Gasteiger partial charge in [-0.25, -0.2) is 5.10 Å². The molecule has 28 heavy (non-hydrogen) atoms. The zero-order valence-corrected chi connectivity index (χ0v) is 15.8. The van der Waals surface area contributed by atoms with Gasteiger partial charge in [0.25, 0.3) is 5.56 Å². The number of fused-ring (bicyclic) bond motifs is 1. The van der Waals surface area contributed by atoms with E-state index in [1.807, 2.05) is 6.07 Å². The molecule has 2 amide bonds. The Labute approximate surface area is 162 Å². The first kappa shape index (κ1) is 20.0. The minimum Gasteiger partial charge on any atom is -0.396 e. The quantitative estimate of drug-likeness (QED) is 0.603. The third-order valence-electron chi connectivity index (χ3n) is 5.20. The van der Waals surface area contributed by atoms with E-state index in [0.29, 0.717) is 55.4 Å². The molecule has 0 atom stereocenters. The number of aromatic nitrogens is 2. The first-order valence-corrected chi connectivity index (χ1v) is 9.73. The number of carbonyl (C=O) groups excluding carboxylic acids is 2. The van der Waals surface area contributed by atoms with Crippen LogP contribution in [-0.4, -0.2) is 58.3 Å². The number of hydrogen-bond donors (Lipinski definition) is 3. The van der Waals surface area contributed by atoms with Gasteiger partial charge in [0.05, 0.1) is 17.5 Å². The molecule has 8 heteroatoms. The molecule has 8 nitrogen and oxygen atoms in total. The lowest BCUT2D eigenvalue weighted by Gasteiger charge is -2.31. The summed E-state index contributed by atoms with van der Waals surface area (Å²) >= 11 is 0. The lowest BCUT2D eigenvalue weighted by atomic mass is 9.95. The highest BCUT2D eigenvalue weighted by atomic mass is 16.3. The number of likely N-dealkylation sites (tertiary alicyclic amines) is 1. The van der Waals surface area contributed by atoms with Gasteiger partial charge in [0, 0.05) is 37.5 Å². The van der Waals surface area contributed by atoms with Gasteiger partial charge < -0.3 is 15.3 Å². The second kappa shape index (κ2) is 9.45. The van der Waals surface area contributed by atoms with Gasteiger partial charge in [0.2, 0.25) is 11.8 Å². The molecule has 0 aliphatic carbocycles. The predicted octanol–water partition coefficient (Wildman–Crippen LogP) is 0.593. The summed E-state index contributed by atoms with van der Waals surface area (Å²) in [6.45, 7) is 1.78. The van der Waals surface area contributed by atoms with Crippen molar-refractivity contribution in [1.82, 2.24) is 20.4 Å². The molecule has 1 aliphatic rings. The monoisotopic (exact) mass is 386 g/mol. The number of rotatable bonds is 7. The molecule has 1 aliphatic heterocycles. The number of piperidine rings is 1. The minimum absolute atomic E-state index is 0.0262. The van der Waals surface area contributed by atoms with Gasteiger partial charge in [0.1, 0.15) is 0 Å². The Kier molecular flexibility index (Phi) is 6.76. The first-order valence-electron chi connectivity index (χ1n) is 9.73. The third-order valence-corrected chi connectivity index (χ3v) is 5.20. The van der Waals surface area contributed by atoms with Gasteiger partial charge >= 0.3 is 0 Å². The summed E-state index contributed by atoms with van der Waals surface area (Å²) in [7, 11) is 0. The van der Waals surface area contributed by atoms with Gasteiger partial charge in [-0.1, -0.05) is 18.2 Å². The van der Waals surface area contributed by atoms with E-state index < -0.39 is 0 Å². The number of aromatic amines is 1. The van der Waals surface area contributed by atoms with Crippen molar-refractivity contribution in [2.75, 3.05) is 26.2 Å². The maximum absolute atomic E-state index is 12.7. The van der Waals surface area contributed by atoms with Crippen LogP contribution in [0.2, 0.25) is 0 Å². The van der Waals surface area contributed by atoms with Crippen LogP contribution in [0.25, 0.3) is 10.8 Å². The Balaban J connectivity index is 1.54. The summed E-state index contributed by atoms with van der Waals surface area (Å²) in [5.74, 6) is -0.102. The van der Waals surface area contributed by atoms with Crippen molar-refractivity contribution in [3.8, 4) is 0 Å². The maximum Gasteiger partial charge on any atom is 0.272 e. The molecule has 3 N–H and O–H groups in total. The second-order valence-corrected chi connectivity index (χ2v) is 7.10. The molecule has 0 bridgehead atoms. The first-order chi connectivity index (χ1) is 13.6. The van der Waals surface area contributed by atoms with E-state index in [4.69, 9.17) is 5.11 Å². The van der Waals surface area contributed by atoms with E-state index in [9.17, 15) is 14.4 Å². The maximum atomic E-state index is 12.7. The zero-order chi connectivity index (χ0) is 19.9. The number of H-pyrrole nitrogens is 1. The van der Waals surface area contributed by atoms with Crippen molar-refractivity contribution >= 4 is 22.6 Å². The highest BCUT2D eigenvalue weighted by Crippen LogP contribution is 2.19. The van der Waals surface area contributed by atoms with E-state index in [1.165, 1.54) is 0 Å². The van der Waals surface area contributed by atoms with Crippen LogP contribution in [0.4, 0.5) is 0 Å². The highest BCUT2D eigenvalue weighted by Gasteiger charge is 2.27. The normalized spacial score (nSPS) is 15.0. The van der Waals surface area contributed by atoms with Gasteiger partial charge in [-0.05, 0) is 31.7 Å². The third kappa shape index (κ3) is 4.75. The molecule has 0 spiro atoms. The number of aliphatic hydroxyl groups excluding tert-OH is 1.